The Morgan fingerprint density at radius 1 is 1.04 bits per heavy atom. The fourth-order valence-corrected chi connectivity index (χ4v) is 9.32. The first-order chi connectivity index (χ1) is 36.2. The Morgan fingerprint density at radius 2 is 1.74 bits per heavy atom. The zero-order valence-electron chi connectivity index (χ0n) is 44.7. The number of amides is 6. The van der Waals surface area contributed by atoms with Gasteiger partial charge in [0, 0.05) is 68.3 Å². The number of pyridine rings is 1. The van der Waals surface area contributed by atoms with Gasteiger partial charge in [-0.1, -0.05) is 64.1 Å². The molecule has 2 bridgehead atoms. The Hall–Kier alpha value is -7.22. The normalized spacial score (nSPS) is 19.7. The number of nitriles is 1. The van der Waals surface area contributed by atoms with E-state index in [4.69, 9.17) is 19.9 Å². The fourth-order valence-electron chi connectivity index (χ4n) is 9.32. The quantitative estimate of drug-likeness (QED) is 0.0837. The SMILES string of the molecule is CC[C@@H](NC(=O)[C@@H]1C[C@H](NC(=O)CCOCCOCCC(=O)NCCn2nc(C#N)c3c2CN(C)C(=O)C2=C(CC(F)C=C2)[C@@H](C)Oc2cc-3cnc2N)CN1C(=O)[C@@H](NC(=O)[C@H](C)NC)C(C)(C)C)c1ccccc1. The minimum Gasteiger partial charge on any atom is -0.482 e. The zero-order valence-corrected chi connectivity index (χ0v) is 44.7. The molecule has 76 heavy (non-hydrogen) atoms. The molecular weight excluding hydrogens is 980 g/mol. The van der Waals surface area contributed by atoms with E-state index < -0.39 is 47.8 Å². The second-order valence-electron chi connectivity index (χ2n) is 20.3. The lowest BCUT2D eigenvalue weighted by molar-refractivity contribution is -0.144. The molecule has 1 aromatic carbocycles. The summed E-state index contributed by atoms with van der Waals surface area (Å²) in [6.07, 6.45) is 3.08. The number of likely N-dealkylation sites (tertiary alicyclic amines) is 1. The van der Waals surface area contributed by atoms with Gasteiger partial charge in [-0.3, -0.25) is 33.4 Å². The van der Waals surface area contributed by atoms with Crippen LogP contribution in [0.2, 0.25) is 0 Å². The summed E-state index contributed by atoms with van der Waals surface area (Å²) in [5.74, 6) is -1.85. The first kappa shape index (κ1) is 58.0. The van der Waals surface area contributed by atoms with Crippen molar-refractivity contribution in [3.8, 4) is 22.9 Å². The molecule has 21 nitrogen and oxygen atoms in total. The molecule has 1 saturated heterocycles. The highest BCUT2D eigenvalue weighted by Crippen LogP contribution is 2.36. The Labute approximate surface area is 443 Å². The number of benzene rings is 1. The average molecular weight is 1050 g/mol. The van der Waals surface area contributed by atoms with E-state index in [2.05, 4.69) is 42.7 Å². The minimum atomic E-state index is -1.29. The molecule has 22 heteroatoms. The molecule has 7 N–H and O–H groups in total. The molecule has 1 aliphatic carbocycles. The van der Waals surface area contributed by atoms with Crippen LogP contribution in [0.15, 0.2) is 65.9 Å². The lowest BCUT2D eigenvalue weighted by atomic mass is 9.85. The summed E-state index contributed by atoms with van der Waals surface area (Å²) in [4.78, 5) is 88.6. The van der Waals surface area contributed by atoms with Crippen LogP contribution in [0, 0.1) is 16.7 Å². The van der Waals surface area contributed by atoms with Crippen LogP contribution >= 0.6 is 0 Å². The number of hydrogen-bond acceptors (Lipinski definition) is 14. The number of nitrogens with two attached hydrogens (primary N) is 1. The van der Waals surface area contributed by atoms with Gasteiger partial charge in [0.15, 0.2) is 17.3 Å². The maximum atomic E-state index is 14.6. The summed E-state index contributed by atoms with van der Waals surface area (Å²) in [6, 6.07) is 10.1. The number of halogens is 1. The third-order valence-corrected chi connectivity index (χ3v) is 13.7. The van der Waals surface area contributed by atoms with Crippen LogP contribution in [-0.4, -0.2) is 150 Å². The van der Waals surface area contributed by atoms with Crippen LogP contribution in [0.3, 0.4) is 0 Å². The number of alkyl halides is 1. The smallest absolute Gasteiger partial charge is 0.254 e. The number of anilines is 1. The molecule has 0 saturated carbocycles. The molecule has 0 spiro atoms. The van der Waals surface area contributed by atoms with Crippen LogP contribution < -0.4 is 37.1 Å². The third kappa shape index (κ3) is 14.8. The van der Waals surface area contributed by atoms with Gasteiger partial charge in [0.1, 0.15) is 30.4 Å². The van der Waals surface area contributed by atoms with Gasteiger partial charge in [-0.25, -0.2) is 9.37 Å². The molecule has 0 radical (unpaired) electrons. The standard InChI is InChI=1S/C54H73FN12O9/c1-9-40(34-13-11-10-12-14-34)62-51(71)42-27-37(30-66(42)53(73)48(54(4,5)6)63-50(70)32(2)58-7)61-46(69)18-22-75-24-23-74-21-17-45(68)59-19-20-67-43-31-65(8)52(72)38-16-15-36(55)26-39(38)33(3)76-44-25-35(29-60-49(44)57)47(43)41(28-56)64-67/h10-16,25,29,32-33,36-37,40,42,48,58H,9,17-24,26-27,30-31H2,1-8H3,(H2,57,60)(H,59,68)(H,61,69)(H,62,71)(H,63,70)/t32-,33+,36?,37-,40+,42-,48+/m0/s1. The van der Waals surface area contributed by atoms with Gasteiger partial charge in [0.2, 0.25) is 29.5 Å². The van der Waals surface area contributed by atoms with Crippen LogP contribution in [0.5, 0.6) is 5.75 Å². The largest absolute Gasteiger partial charge is 0.482 e. The summed E-state index contributed by atoms with van der Waals surface area (Å²) in [5.41, 5.74) is 8.66. The van der Waals surface area contributed by atoms with Crippen molar-refractivity contribution in [1.29, 1.82) is 5.26 Å². The van der Waals surface area contributed by atoms with E-state index in [-0.39, 0.29) is 131 Å². The predicted octanol–water partition coefficient (Wildman–Crippen LogP) is 3.15. The monoisotopic (exact) mass is 1050 g/mol. The number of nitrogens with zero attached hydrogens (tertiary/aromatic N) is 6. The number of rotatable bonds is 21. The number of carbonyl (C=O) groups excluding carboxylic acids is 6. The Morgan fingerprint density at radius 3 is 2.39 bits per heavy atom. The van der Waals surface area contributed by atoms with Crippen molar-refractivity contribution in [2.24, 2.45) is 5.41 Å². The van der Waals surface area contributed by atoms with Crippen molar-refractivity contribution < 1.29 is 47.4 Å². The summed E-state index contributed by atoms with van der Waals surface area (Å²) in [5, 5.41) is 29.4. The Bertz CT molecular complexity index is 2680. The van der Waals surface area contributed by atoms with Crippen LogP contribution in [0.1, 0.15) is 96.6 Å². The molecule has 2 aromatic heterocycles. The van der Waals surface area contributed by atoms with Crippen molar-refractivity contribution in [2.45, 2.75) is 129 Å². The molecule has 6 rings (SSSR count). The maximum Gasteiger partial charge on any atom is 0.254 e. The molecule has 3 aliphatic rings. The number of allylic oxidation sites excluding steroid dienone is 1. The predicted molar refractivity (Wildman–Crippen MR) is 280 cm³/mol. The molecular formula is C54H73FN12O9. The van der Waals surface area contributed by atoms with Crippen LogP contribution in [-0.2, 0) is 51.3 Å². The second kappa shape index (κ2) is 26.5. The van der Waals surface area contributed by atoms with E-state index in [1.165, 1.54) is 28.1 Å². The highest BCUT2D eigenvalue weighted by atomic mass is 19.1. The number of ether oxygens (including phenoxy) is 3. The van der Waals surface area contributed by atoms with E-state index in [1.54, 1.807) is 38.7 Å². The lowest BCUT2D eigenvalue weighted by Gasteiger charge is -2.36. The minimum absolute atomic E-state index is 0.00290. The van der Waals surface area contributed by atoms with Gasteiger partial charge in [0.25, 0.3) is 5.91 Å². The lowest BCUT2D eigenvalue weighted by Crippen LogP contribution is -2.59. The van der Waals surface area contributed by atoms with Crippen molar-refractivity contribution in [1.82, 2.24) is 51.1 Å². The third-order valence-electron chi connectivity index (χ3n) is 13.7. The van der Waals surface area contributed by atoms with Crippen molar-refractivity contribution in [2.75, 3.05) is 59.3 Å². The first-order valence-electron chi connectivity index (χ1n) is 25.8. The maximum absolute atomic E-state index is 14.6. The Balaban J connectivity index is 0.969. The summed E-state index contributed by atoms with van der Waals surface area (Å²) < 4.78 is 33.6. The van der Waals surface area contributed by atoms with Gasteiger partial charge >= 0.3 is 0 Å². The number of fused-ring (bicyclic) bond motifs is 4. The van der Waals surface area contributed by atoms with E-state index in [0.717, 1.165) is 5.56 Å². The van der Waals surface area contributed by atoms with Crippen LogP contribution in [0.25, 0.3) is 11.1 Å². The van der Waals surface area contributed by atoms with Crippen molar-refractivity contribution in [3.63, 3.8) is 0 Å². The molecule has 1 unspecified atom stereocenters. The van der Waals surface area contributed by atoms with Gasteiger partial charge in [0.05, 0.1) is 57.3 Å². The highest BCUT2D eigenvalue weighted by molar-refractivity contribution is 5.98. The first-order valence-corrected chi connectivity index (χ1v) is 25.8. The number of carbonyl (C=O) groups is 6. The molecule has 1 fully saturated rings. The second-order valence-corrected chi connectivity index (χ2v) is 20.3. The number of aromatic nitrogens is 3. The van der Waals surface area contributed by atoms with Gasteiger partial charge < -0.3 is 56.3 Å². The molecule has 2 aliphatic heterocycles. The topological polar surface area (TPSA) is 277 Å². The summed E-state index contributed by atoms with van der Waals surface area (Å²) >= 11 is 0. The van der Waals surface area contributed by atoms with Gasteiger partial charge in [-0.15, -0.1) is 0 Å². The summed E-state index contributed by atoms with van der Waals surface area (Å²) in [7, 11) is 3.26. The molecule has 7 atom stereocenters. The van der Waals surface area contributed by atoms with E-state index in [1.807, 2.05) is 58.0 Å². The van der Waals surface area contributed by atoms with Crippen LogP contribution in [0.4, 0.5) is 10.2 Å². The van der Waals surface area contributed by atoms with Crippen molar-refractivity contribution in [3.05, 3.63) is 82.8 Å². The number of hydrogen-bond donors (Lipinski definition) is 6. The number of nitrogens with one attached hydrogen (secondary N) is 5. The summed E-state index contributed by atoms with van der Waals surface area (Å²) in [6.45, 7) is 11.7. The van der Waals surface area contributed by atoms with Gasteiger partial charge in [-0.05, 0) is 62.4 Å². The number of nitrogen functional groups attached to an aromatic ring is 1. The average Bonchev–Trinajstić information content (AvgIpc) is 3.99. The molecule has 4 heterocycles. The van der Waals surface area contributed by atoms with E-state index in [9.17, 15) is 38.4 Å². The Kier molecular flexibility index (Phi) is 20.2. The van der Waals surface area contributed by atoms with Gasteiger partial charge in [-0.2, -0.15) is 10.4 Å². The fraction of sp³-hybridized carbons (Fsp3) is 0.537. The molecule has 3 aromatic rings. The van der Waals surface area contributed by atoms with E-state index in [0.29, 0.717) is 34.4 Å². The molecule has 6 amide bonds. The van der Waals surface area contributed by atoms with Crippen molar-refractivity contribution >= 4 is 41.3 Å². The number of likely N-dealkylation sites (N-methyl/N-ethyl adjacent to an activating group) is 2. The zero-order chi connectivity index (χ0) is 55.3. The van der Waals surface area contributed by atoms with E-state index >= 15 is 0 Å². The highest BCUT2D eigenvalue weighted by Gasteiger charge is 2.46. The molecule has 410 valence electrons.